The van der Waals surface area contributed by atoms with Gasteiger partial charge in [0.2, 0.25) is 0 Å². The Balaban J connectivity index is 2.46. The monoisotopic (exact) mass is 292 g/mol. The second kappa shape index (κ2) is 5.90. The fraction of sp³-hybridized carbons (Fsp3) is 0.143. The molecule has 2 N–H and O–H groups in total. The van der Waals surface area contributed by atoms with Gasteiger partial charge in [-0.2, -0.15) is 0 Å². The summed E-state index contributed by atoms with van der Waals surface area (Å²) in [6.45, 7) is 1.90. The van der Waals surface area contributed by atoms with Gasteiger partial charge in [0, 0.05) is 18.2 Å². The van der Waals surface area contributed by atoms with Crippen molar-refractivity contribution in [3.8, 4) is 11.5 Å². The van der Waals surface area contributed by atoms with Crippen LogP contribution in [0.25, 0.3) is 0 Å². The molecule has 0 aliphatic heterocycles. The van der Waals surface area contributed by atoms with Crippen LogP contribution in [0.2, 0.25) is 5.02 Å². The first kappa shape index (κ1) is 14.3. The largest absolute Gasteiger partial charge is 0.455 e. The molecule has 0 bridgehead atoms. The van der Waals surface area contributed by atoms with Crippen LogP contribution < -0.4 is 10.5 Å². The van der Waals surface area contributed by atoms with Crippen LogP contribution in [-0.4, -0.2) is 4.92 Å². The van der Waals surface area contributed by atoms with Gasteiger partial charge < -0.3 is 10.5 Å². The molecule has 0 atom stereocenters. The summed E-state index contributed by atoms with van der Waals surface area (Å²) in [5.41, 5.74) is 6.83. The van der Waals surface area contributed by atoms with Crippen molar-refractivity contribution in [1.29, 1.82) is 0 Å². The minimum absolute atomic E-state index is 0.00357. The van der Waals surface area contributed by atoms with Gasteiger partial charge in [0.15, 0.2) is 5.75 Å². The molecule has 0 amide bonds. The van der Waals surface area contributed by atoms with E-state index in [2.05, 4.69) is 0 Å². The van der Waals surface area contributed by atoms with Crippen molar-refractivity contribution < 1.29 is 9.66 Å². The lowest BCUT2D eigenvalue weighted by molar-refractivity contribution is -0.385. The second-order valence-corrected chi connectivity index (χ2v) is 4.60. The van der Waals surface area contributed by atoms with Crippen LogP contribution in [0.3, 0.4) is 0 Å². The number of rotatable bonds is 4. The third kappa shape index (κ3) is 2.74. The van der Waals surface area contributed by atoms with Crippen LogP contribution in [-0.2, 0) is 6.54 Å². The van der Waals surface area contributed by atoms with Gasteiger partial charge in [-0.15, -0.1) is 0 Å². The summed E-state index contributed by atoms with van der Waals surface area (Å²) < 4.78 is 5.74. The molecule has 0 saturated heterocycles. The Bertz CT molecular complexity index is 659. The maximum absolute atomic E-state index is 10.9. The Kier molecular flexibility index (Phi) is 4.22. The van der Waals surface area contributed by atoms with Crippen molar-refractivity contribution in [3.05, 3.63) is 62.7 Å². The van der Waals surface area contributed by atoms with Crippen molar-refractivity contribution in [2.45, 2.75) is 13.5 Å². The van der Waals surface area contributed by atoms with Crippen LogP contribution in [0, 0.1) is 17.0 Å². The summed E-state index contributed by atoms with van der Waals surface area (Å²) in [4.78, 5) is 10.5. The molecule has 0 heterocycles. The topological polar surface area (TPSA) is 78.4 Å². The van der Waals surface area contributed by atoms with Crippen molar-refractivity contribution in [2.75, 3.05) is 0 Å². The number of nitro groups is 1. The molecule has 20 heavy (non-hydrogen) atoms. The van der Waals surface area contributed by atoms with Crippen molar-refractivity contribution in [2.24, 2.45) is 5.73 Å². The zero-order chi connectivity index (χ0) is 14.7. The number of nitro benzene ring substituents is 1. The molecule has 2 aromatic carbocycles. The maximum atomic E-state index is 10.9. The summed E-state index contributed by atoms with van der Waals surface area (Å²) in [5.74, 6) is 0.822. The van der Waals surface area contributed by atoms with Crippen LogP contribution >= 0.6 is 11.6 Å². The molecule has 2 rings (SSSR count). The van der Waals surface area contributed by atoms with E-state index < -0.39 is 4.92 Å². The molecule has 104 valence electrons. The third-order valence-electron chi connectivity index (χ3n) is 2.93. The molecular formula is C14H13ClN2O3. The second-order valence-electron chi connectivity index (χ2n) is 4.19. The van der Waals surface area contributed by atoms with Gasteiger partial charge in [-0.05, 0) is 19.1 Å². The highest BCUT2D eigenvalue weighted by Gasteiger charge is 2.16. The van der Waals surface area contributed by atoms with E-state index in [1.165, 1.54) is 6.07 Å². The number of hydrogen-bond donors (Lipinski definition) is 1. The summed E-state index contributed by atoms with van der Waals surface area (Å²) >= 11 is 6.10. The summed E-state index contributed by atoms with van der Waals surface area (Å²) in [5, 5.41) is 11.3. The van der Waals surface area contributed by atoms with Crippen LogP contribution in [0.15, 0.2) is 36.4 Å². The number of nitrogens with zero attached hydrogens (tertiary/aromatic N) is 1. The lowest BCUT2D eigenvalue weighted by Crippen LogP contribution is -2.01. The van der Waals surface area contributed by atoms with Crippen molar-refractivity contribution in [3.63, 3.8) is 0 Å². The molecule has 0 spiro atoms. The van der Waals surface area contributed by atoms with Crippen LogP contribution in [0.1, 0.15) is 11.1 Å². The lowest BCUT2D eigenvalue weighted by atomic mass is 10.1. The van der Waals surface area contributed by atoms with Gasteiger partial charge in [0.05, 0.1) is 15.5 Å². The first-order chi connectivity index (χ1) is 9.54. The molecule has 0 aromatic heterocycles. The summed E-state index contributed by atoms with van der Waals surface area (Å²) in [6, 6.07) is 9.92. The molecule has 0 fully saturated rings. The van der Waals surface area contributed by atoms with Gasteiger partial charge in [-0.25, -0.2) is 0 Å². The summed E-state index contributed by atoms with van der Waals surface area (Å²) in [6.07, 6.45) is 0. The molecule has 0 unspecified atom stereocenters. The Hall–Kier alpha value is -2.11. The van der Waals surface area contributed by atoms with E-state index in [9.17, 15) is 10.1 Å². The van der Waals surface area contributed by atoms with Crippen LogP contribution in [0.4, 0.5) is 5.69 Å². The first-order valence-electron chi connectivity index (χ1n) is 5.94. The number of hydrogen-bond acceptors (Lipinski definition) is 4. The number of benzene rings is 2. The maximum Gasteiger partial charge on any atom is 0.276 e. The standard InChI is InChI=1S/C14H13ClN2O3/c1-9-12(17(18)19)6-3-7-13(9)20-14-10(8-16)4-2-5-11(14)15/h2-7H,8,16H2,1H3. The predicted octanol–water partition coefficient (Wildman–Crippen LogP) is 3.81. The smallest absolute Gasteiger partial charge is 0.276 e. The van der Waals surface area contributed by atoms with Crippen molar-refractivity contribution in [1.82, 2.24) is 0 Å². The van der Waals surface area contributed by atoms with E-state index in [0.717, 1.165) is 5.56 Å². The van der Waals surface area contributed by atoms with E-state index in [0.29, 0.717) is 22.1 Å². The average molecular weight is 293 g/mol. The normalized spacial score (nSPS) is 10.3. The fourth-order valence-corrected chi connectivity index (χ4v) is 2.08. The molecule has 0 aliphatic rings. The van der Waals surface area contributed by atoms with Gasteiger partial charge in [-0.1, -0.05) is 29.8 Å². The van der Waals surface area contributed by atoms with Gasteiger partial charge >= 0.3 is 0 Å². The number of halogens is 1. The van der Waals surface area contributed by atoms with E-state index in [4.69, 9.17) is 22.1 Å². The van der Waals surface area contributed by atoms with Gasteiger partial charge in [0.25, 0.3) is 5.69 Å². The first-order valence-corrected chi connectivity index (χ1v) is 6.31. The minimum atomic E-state index is -0.446. The quantitative estimate of drug-likeness (QED) is 0.686. The molecule has 2 aromatic rings. The van der Waals surface area contributed by atoms with Crippen LogP contribution in [0.5, 0.6) is 11.5 Å². The van der Waals surface area contributed by atoms with Crippen molar-refractivity contribution >= 4 is 17.3 Å². The highest BCUT2D eigenvalue weighted by Crippen LogP contribution is 2.36. The number of ether oxygens (including phenoxy) is 1. The van der Waals surface area contributed by atoms with E-state index >= 15 is 0 Å². The zero-order valence-corrected chi connectivity index (χ0v) is 11.6. The van der Waals surface area contributed by atoms with Gasteiger partial charge in [0.1, 0.15) is 5.75 Å². The van der Waals surface area contributed by atoms with Gasteiger partial charge in [-0.3, -0.25) is 10.1 Å². The molecule has 5 nitrogen and oxygen atoms in total. The number of nitrogens with two attached hydrogens (primary N) is 1. The fourth-order valence-electron chi connectivity index (χ4n) is 1.85. The Morgan fingerprint density at radius 3 is 2.65 bits per heavy atom. The Labute approximate surface area is 121 Å². The Morgan fingerprint density at radius 2 is 2.00 bits per heavy atom. The molecule has 0 radical (unpaired) electrons. The highest BCUT2D eigenvalue weighted by molar-refractivity contribution is 6.32. The predicted molar refractivity (Wildman–Crippen MR) is 77.3 cm³/mol. The SMILES string of the molecule is Cc1c(Oc2c(Cl)cccc2CN)cccc1[N+](=O)[O-]. The van der Waals surface area contributed by atoms with E-state index in [-0.39, 0.29) is 12.2 Å². The molecule has 0 saturated carbocycles. The lowest BCUT2D eigenvalue weighted by Gasteiger charge is -2.13. The molecule has 0 aliphatic carbocycles. The average Bonchev–Trinajstić information content (AvgIpc) is 2.42. The summed E-state index contributed by atoms with van der Waals surface area (Å²) in [7, 11) is 0. The Morgan fingerprint density at radius 1 is 1.30 bits per heavy atom. The molecular weight excluding hydrogens is 280 g/mol. The number of para-hydroxylation sites is 1. The van der Waals surface area contributed by atoms with E-state index in [1.807, 2.05) is 0 Å². The van der Waals surface area contributed by atoms with E-state index in [1.54, 1.807) is 37.3 Å². The minimum Gasteiger partial charge on any atom is -0.455 e. The highest BCUT2D eigenvalue weighted by atomic mass is 35.5. The zero-order valence-electron chi connectivity index (χ0n) is 10.8. The molecule has 6 heteroatoms. The third-order valence-corrected chi connectivity index (χ3v) is 3.23.